The van der Waals surface area contributed by atoms with Gasteiger partial charge in [-0.15, -0.1) is 0 Å². The highest BCUT2D eigenvalue weighted by molar-refractivity contribution is 6.33. The van der Waals surface area contributed by atoms with Gasteiger partial charge in [-0.1, -0.05) is 11.6 Å². The lowest BCUT2D eigenvalue weighted by Crippen LogP contribution is -2.13. The van der Waals surface area contributed by atoms with Crippen molar-refractivity contribution in [1.82, 2.24) is 0 Å². The van der Waals surface area contributed by atoms with Crippen molar-refractivity contribution in [1.29, 1.82) is 0 Å². The molecule has 0 aliphatic rings. The molecular weight excluding hydrogens is 260 g/mol. The van der Waals surface area contributed by atoms with Crippen LogP contribution in [0.25, 0.3) is 0 Å². The molecule has 0 unspecified atom stereocenters. The maximum atomic E-state index is 11.7. The average Bonchev–Trinajstić information content (AvgIpc) is 2.35. The van der Waals surface area contributed by atoms with Crippen molar-refractivity contribution >= 4 is 23.5 Å². The lowest BCUT2D eigenvalue weighted by atomic mass is 9.99. The van der Waals surface area contributed by atoms with Gasteiger partial charge in [0.1, 0.15) is 5.75 Å². The average molecular weight is 273 g/mol. The van der Waals surface area contributed by atoms with Crippen molar-refractivity contribution in [3.05, 3.63) is 27.8 Å². The molecule has 0 atom stereocenters. The highest BCUT2D eigenvalue weighted by atomic mass is 35.5. The van der Waals surface area contributed by atoms with E-state index in [2.05, 4.69) is 9.47 Å². The van der Waals surface area contributed by atoms with Crippen LogP contribution in [0.1, 0.15) is 21.5 Å². The molecule has 1 rings (SSSR count). The molecule has 0 aliphatic carbocycles. The summed E-state index contributed by atoms with van der Waals surface area (Å²) in [7, 11) is 2.47. The van der Waals surface area contributed by atoms with E-state index < -0.39 is 11.9 Å². The van der Waals surface area contributed by atoms with Crippen molar-refractivity contribution in [2.24, 2.45) is 0 Å². The number of phenolic OH excluding ortho intramolecular Hbond substituents is 1. The van der Waals surface area contributed by atoms with Crippen LogP contribution in [0.2, 0.25) is 5.02 Å². The molecule has 0 fully saturated rings. The van der Waals surface area contributed by atoms with Crippen LogP contribution in [-0.2, 0) is 20.7 Å². The van der Waals surface area contributed by atoms with E-state index in [-0.39, 0.29) is 22.8 Å². The number of hydrogen-bond acceptors (Lipinski definition) is 5. The number of ether oxygens (including phenoxy) is 2. The number of rotatable bonds is 3. The molecule has 1 aromatic carbocycles. The topological polar surface area (TPSA) is 72.8 Å². The molecule has 0 saturated heterocycles. The SMILES string of the molecule is COC(=O)Cc1cc(O)c(Cl)c(C)c1C(=O)OC. The third-order valence-corrected chi connectivity index (χ3v) is 2.99. The van der Waals surface area contributed by atoms with E-state index in [9.17, 15) is 14.7 Å². The fourth-order valence-electron chi connectivity index (χ4n) is 1.60. The third-order valence-electron chi connectivity index (χ3n) is 2.51. The molecule has 0 bridgehead atoms. The quantitative estimate of drug-likeness (QED) is 0.850. The van der Waals surface area contributed by atoms with Gasteiger partial charge in [0.25, 0.3) is 0 Å². The van der Waals surface area contributed by atoms with E-state index >= 15 is 0 Å². The highest BCUT2D eigenvalue weighted by Crippen LogP contribution is 2.32. The third kappa shape index (κ3) is 2.73. The van der Waals surface area contributed by atoms with Gasteiger partial charge in [-0.3, -0.25) is 4.79 Å². The summed E-state index contributed by atoms with van der Waals surface area (Å²) in [6.07, 6.45) is -0.146. The Hall–Kier alpha value is -1.75. The van der Waals surface area contributed by atoms with Crippen LogP contribution in [0, 0.1) is 6.92 Å². The number of phenols is 1. The van der Waals surface area contributed by atoms with Crippen LogP contribution in [-0.4, -0.2) is 31.3 Å². The molecular formula is C12H13ClO5. The fourth-order valence-corrected chi connectivity index (χ4v) is 1.75. The second-order valence-corrected chi connectivity index (χ2v) is 3.99. The van der Waals surface area contributed by atoms with Crippen LogP contribution < -0.4 is 0 Å². The molecule has 0 spiro atoms. The van der Waals surface area contributed by atoms with Crippen molar-refractivity contribution < 1.29 is 24.2 Å². The molecule has 0 radical (unpaired) electrons. The normalized spacial score (nSPS) is 10.0. The van der Waals surface area contributed by atoms with Gasteiger partial charge in [-0.05, 0) is 24.1 Å². The van der Waals surface area contributed by atoms with Gasteiger partial charge in [-0.2, -0.15) is 0 Å². The number of halogens is 1. The second kappa shape index (κ2) is 5.73. The maximum Gasteiger partial charge on any atom is 0.338 e. The molecule has 0 aromatic heterocycles. The monoisotopic (exact) mass is 272 g/mol. The van der Waals surface area contributed by atoms with Crippen LogP contribution in [0.4, 0.5) is 0 Å². The predicted octanol–water partition coefficient (Wildman–Crippen LogP) is 1.86. The Bertz CT molecular complexity index is 496. The van der Waals surface area contributed by atoms with Crippen LogP contribution in [0.3, 0.4) is 0 Å². The number of carbonyl (C=O) groups is 2. The second-order valence-electron chi connectivity index (χ2n) is 3.61. The Morgan fingerprint density at radius 1 is 1.33 bits per heavy atom. The summed E-state index contributed by atoms with van der Waals surface area (Å²) in [4.78, 5) is 22.9. The summed E-state index contributed by atoms with van der Waals surface area (Å²) in [6, 6.07) is 1.26. The minimum Gasteiger partial charge on any atom is -0.506 e. The summed E-state index contributed by atoms with van der Waals surface area (Å²) in [6.45, 7) is 1.56. The van der Waals surface area contributed by atoms with Crippen molar-refractivity contribution in [2.45, 2.75) is 13.3 Å². The van der Waals surface area contributed by atoms with Crippen molar-refractivity contribution in [2.75, 3.05) is 14.2 Å². The molecule has 1 aromatic rings. The zero-order valence-corrected chi connectivity index (χ0v) is 11.0. The first kappa shape index (κ1) is 14.3. The Morgan fingerprint density at radius 3 is 2.44 bits per heavy atom. The first-order valence-electron chi connectivity index (χ1n) is 5.08. The van der Waals surface area contributed by atoms with Crippen LogP contribution >= 0.6 is 11.6 Å². The minimum atomic E-state index is -0.617. The Morgan fingerprint density at radius 2 is 1.94 bits per heavy atom. The summed E-state index contributed by atoms with van der Waals surface area (Å²) in [5.41, 5.74) is 0.848. The van der Waals surface area contributed by atoms with Crippen molar-refractivity contribution in [3.8, 4) is 5.75 Å². The zero-order valence-electron chi connectivity index (χ0n) is 10.2. The number of carbonyl (C=O) groups excluding carboxylic acids is 2. The number of methoxy groups -OCH3 is 2. The standard InChI is InChI=1S/C12H13ClO5/c1-6-10(12(16)18-3)7(5-9(15)17-2)4-8(14)11(6)13/h4,14H,5H2,1-3H3. The highest BCUT2D eigenvalue weighted by Gasteiger charge is 2.21. The summed E-state index contributed by atoms with van der Waals surface area (Å²) in [5, 5.41) is 9.67. The van der Waals surface area contributed by atoms with Gasteiger partial charge in [-0.25, -0.2) is 4.79 Å². The molecule has 0 heterocycles. The van der Waals surface area contributed by atoms with E-state index in [0.717, 1.165) is 0 Å². The molecule has 6 heteroatoms. The van der Waals surface area contributed by atoms with Crippen LogP contribution in [0.5, 0.6) is 5.75 Å². The van der Waals surface area contributed by atoms with Gasteiger partial charge >= 0.3 is 11.9 Å². The largest absolute Gasteiger partial charge is 0.506 e. The lowest BCUT2D eigenvalue weighted by Gasteiger charge is -2.12. The van der Waals surface area contributed by atoms with E-state index in [1.165, 1.54) is 20.3 Å². The number of aromatic hydroxyl groups is 1. The van der Waals surface area contributed by atoms with Gasteiger partial charge < -0.3 is 14.6 Å². The Labute approximate surface area is 109 Å². The number of benzene rings is 1. The van der Waals surface area contributed by atoms with Crippen molar-refractivity contribution in [3.63, 3.8) is 0 Å². The van der Waals surface area contributed by atoms with Gasteiger partial charge in [0.2, 0.25) is 0 Å². The van der Waals surface area contributed by atoms with E-state index in [0.29, 0.717) is 11.1 Å². The van der Waals surface area contributed by atoms with Gasteiger partial charge in [0, 0.05) is 0 Å². The minimum absolute atomic E-state index is 0.0593. The molecule has 98 valence electrons. The molecule has 18 heavy (non-hydrogen) atoms. The van der Waals surface area contributed by atoms with E-state index in [1.807, 2.05) is 0 Å². The first-order chi connectivity index (χ1) is 8.42. The zero-order chi connectivity index (χ0) is 13.9. The van der Waals surface area contributed by atoms with E-state index in [4.69, 9.17) is 11.6 Å². The number of esters is 2. The maximum absolute atomic E-state index is 11.7. The number of hydrogen-bond donors (Lipinski definition) is 1. The molecule has 0 saturated carbocycles. The van der Waals surface area contributed by atoms with Gasteiger partial charge in [0.05, 0.1) is 31.2 Å². The van der Waals surface area contributed by atoms with Crippen LogP contribution in [0.15, 0.2) is 6.07 Å². The summed E-state index contributed by atoms with van der Waals surface area (Å²) < 4.78 is 9.16. The smallest absolute Gasteiger partial charge is 0.338 e. The predicted molar refractivity (Wildman–Crippen MR) is 64.9 cm³/mol. The van der Waals surface area contributed by atoms with Gasteiger partial charge in [0.15, 0.2) is 0 Å². The lowest BCUT2D eigenvalue weighted by molar-refractivity contribution is -0.139. The Balaban J connectivity index is 3.39. The first-order valence-corrected chi connectivity index (χ1v) is 5.46. The Kier molecular flexibility index (Phi) is 4.55. The fraction of sp³-hybridized carbons (Fsp3) is 0.333. The summed E-state index contributed by atoms with van der Waals surface area (Å²) in [5.74, 6) is -1.34. The molecule has 0 amide bonds. The molecule has 0 aliphatic heterocycles. The van der Waals surface area contributed by atoms with E-state index in [1.54, 1.807) is 6.92 Å². The molecule has 5 nitrogen and oxygen atoms in total. The summed E-state index contributed by atoms with van der Waals surface area (Å²) >= 11 is 5.85. The molecule has 1 N–H and O–H groups in total.